The van der Waals surface area contributed by atoms with Crippen molar-refractivity contribution in [2.45, 2.75) is 6.92 Å². The van der Waals surface area contributed by atoms with Crippen LogP contribution in [-0.4, -0.2) is 21.5 Å². The van der Waals surface area contributed by atoms with Crippen molar-refractivity contribution in [1.82, 2.24) is 10.1 Å². The number of rotatable bonds is 2. The van der Waals surface area contributed by atoms with E-state index in [0.717, 1.165) is 0 Å². The maximum Gasteiger partial charge on any atom is 0.261 e. The summed E-state index contributed by atoms with van der Waals surface area (Å²) in [4.78, 5) is 14.6. The number of benzene rings is 1. The number of aromatic hydroxyl groups is 1. The Morgan fingerprint density at radius 2 is 2.27 bits per heavy atom. The van der Waals surface area contributed by atoms with Gasteiger partial charge >= 0.3 is 0 Å². The maximum atomic E-state index is 10.6. The number of phenols is 1. The number of carbonyl (C=O) groups is 1. The normalized spacial score (nSPS) is 10.2. The van der Waals surface area contributed by atoms with Crippen LogP contribution in [0.1, 0.15) is 16.2 Å². The fraction of sp³-hybridized carbons (Fsp3) is 0.100. The van der Waals surface area contributed by atoms with Crippen LogP contribution in [0.15, 0.2) is 22.7 Å². The summed E-state index contributed by atoms with van der Waals surface area (Å²) in [7, 11) is 0. The van der Waals surface area contributed by atoms with E-state index in [0.29, 0.717) is 17.7 Å². The minimum atomic E-state index is -0.142. The lowest BCUT2D eigenvalue weighted by Crippen LogP contribution is -1.85. The Hall–Kier alpha value is -2.17. The van der Waals surface area contributed by atoms with Crippen LogP contribution in [0.4, 0.5) is 0 Å². The molecule has 0 unspecified atom stereocenters. The van der Waals surface area contributed by atoms with Gasteiger partial charge in [-0.3, -0.25) is 4.79 Å². The fourth-order valence-corrected chi connectivity index (χ4v) is 1.24. The number of aryl methyl sites for hydroxylation is 1. The Bertz CT molecular complexity index is 505. The summed E-state index contributed by atoms with van der Waals surface area (Å²) in [6.45, 7) is 1.67. The van der Waals surface area contributed by atoms with Crippen LogP contribution in [0.25, 0.3) is 11.5 Å². The molecule has 0 aliphatic heterocycles. The molecule has 0 atom stereocenters. The molecular weight excluding hydrogens is 196 g/mol. The molecule has 1 N–H and O–H groups in total. The molecule has 1 aromatic heterocycles. The first-order chi connectivity index (χ1) is 7.22. The zero-order valence-corrected chi connectivity index (χ0v) is 7.97. The Morgan fingerprint density at radius 3 is 2.87 bits per heavy atom. The average molecular weight is 204 g/mol. The van der Waals surface area contributed by atoms with Crippen molar-refractivity contribution >= 4 is 6.29 Å². The van der Waals surface area contributed by atoms with Gasteiger partial charge in [0.2, 0.25) is 0 Å². The number of aromatic nitrogens is 2. The Morgan fingerprint density at radius 1 is 1.47 bits per heavy atom. The van der Waals surface area contributed by atoms with Gasteiger partial charge in [0, 0.05) is 0 Å². The monoisotopic (exact) mass is 204 g/mol. The smallest absolute Gasteiger partial charge is 0.261 e. The molecule has 1 aromatic carbocycles. The topological polar surface area (TPSA) is 76.2 Å². The number of nitrogens with zero attached hydrogens (tertiary/aromatic N) is 2. The molecule has 0 aliphatic carbocycles. The maximum absolute atomic E-state index is 10.6. The molecule has 0 fully saturated rings. The van der Waals surface area contributed by atoms with Gasteiger partial charge in [0.15, 0.2) is 12.1 Å². The number of para-hydroxylation sites is 1. The molecule has 0 saturated carbocycles. The van der Waals surface area contributed by atoms with Gasteiger partial charge in [0.1, 0.15) is 5.75 Å². The first-order valence-electron chi connectivity index (χ1n) is 4.30. The molecule has 5 nitrogen and oxygen atoms in total. The Labute approximate surface area is 85.4 Å². The zero-order valence-electron chi connectivity index (χ0n) is 7.97. The van der Waals surface area contributed by atoms with E-state index in [4.69, 9.17) is 4.52 Å². The lowest BCUT2D eigenvalue weighted by atomic mass is 10.1. The van der Waals surface area contributed by atoms with E-state index in [2.05, 4.69) is 10.1 Å². The predicted octanol–water partition coefficient (Wildman–Crippen LogP) is 1.56. The first-order valence-corrected chi connectivity index (χ1v) is 4.30. The minimum Gasteiger partial charge on any atom is -0.506 e. The standard InChI is InChI=1S/C10H8N2O3/c1-6-11-10(15-12-6)8-4-2-3-7(5-13)9(8)14/h2-5,14H,1H3. The molecule has 76 valence electrons. The van der Waals surface area contributed by atoms with Crippen molar-refractivity contribution < 1.29 is 14.4 Å². The van der Waals surface area contributed by atoms with Crippen molar-refractivity contribution in [3.63, 3.8) is 0 Å². The van der Waals surface area contributed by atoms with Gasteiger partial charge in [-0.2, -0.15) is 4.98 Å². The van der Waals surface area contributed by atoms with E-state index in [-0.39, 0.29) is 17.2 Å². The highest BCUT2D eigenvalue weighted by atomic mass is 16.5. The van der Waals surface area contributed by atoms with Gasteiger partial charge in [-0.15, -0.1) is 0 Å². The van der Waals surface area contributed by atoms with Crippen molar-refractivity contribution in [2.75, 3.05) is 0 Å². The summed E-state index contributed by atoms with van der Waals surface area (Å²) in [5, 5.41) is 13.3. The van der Waals surface area contributed by atoms with Gasteiger partial charge < -0.3 is 9.63 Å². The number of hydrogen-bond donors (Lipinski definition) is 1. The molecular formula is C10H8N2O3. The van der Waals surface area contributed by atoms with E-state index in [1.54, 1.807) is 19.1 Å². The third-order valence-corrected chi connectivity index (χ3v) is 1.95. The van der Waals surface area contributed by atoms with Crippen molar-refractivity contribution in [3.8, 4) is 17.2 Å². The summed E-state index contributed by atoms with van der Waals surface area (Å²) >= 11 is 0. The highest BCUT2D eigenvalue weighted by Gasteiger charge is 2.13. The summed E-state index contributed by atoms with van der Waals surface area (Å²) in [6.07, 6.45) is 0.571. The molecule has 0 bridgehead atoms. The van der Waals surface area contributed by atoms with Gasteiger partial charge in [0.25, 0.3) is 5.89 Å². The van der Waals surface area contributed by atoms with Gasteiger partial charge in [0.05, 0.1) is 11.1 Å². The molecule has 0 aliphatic rings. The van der Waals surface area contributed by atoms with Crippen molar-refractivity contribution in [2.24, 2.45) is 0 Å². The minimum absolute atomic E-state index is 0.142. The van der Waals surface area contributed by atoms with Gasteiger partial charge in [-0.1, -0.05) is 11.2 Å². The summed E-state index contributed by atoms with van der Waals surface area (Å²) in [5.74, 6) is 0.533. The SMILES string of the molecule is Cc1noc(-c2cccc(C=O)c2O)n1. The Balaban J connectivity index is 2.58. The number of carbonyl (C=O) groups excluding carboxylic acids is 1. The fourth-order valence-electron chi connectivity index (χ4n) is 1.24. The molecule has 0 spiro atoms. The third kappa shape index (κ3) is 1.59. The van der Waals surface area contributed by atoms with E-state index < -0.39 is 0 Å². The zero-order chi connectivity index (χ0) is 10.8. The summed E-state index contributed by atoms with van der Waals surface area (Å²) in [5.41, 5.74) is 0.559. The summed E-state index contributed by atoms with van der Waals surface area (Å²) in [6, 6.07) is 4.75. The molecule has 1 heterocycles. The molecule has 0 radical (unpaired) electrons. The van der Waals surface area contributed by atoms with Crippen LogP contribution in [0.2, 0.25) is 0 Å². The highest BCUT2D eigenvalue weighted by molar-refractivity contribution is 5.84. The predicted molar refractivity (Wildman–Crippen MR) is 51.5 cm³/mol. The van der Waals surface area contributed by atoms with E-state index in [9.17, 15) is 9.90 Å². The first kappa shape index (κ1) is 9.39. The number of aldehydes is 1. The molecule has 2 rings (SSSR count). The van der Waals surface area contributed by atoms with Crippen LogP contribution < -0.4 is 0 Å². The quantitative estimate of drug-likeness (QED) is 0.751. The number of phenolic OH excluding ortho intramolecular Hbond substituents is 1. The van der Waals surface area contributed by atoms with Gasteiger partial charge in [-0.25, -0.2) is 0 Å². The van der Waals surface area contributed by atoms with Crippen LogP contribution >= 0.6 is 0 Å². The highest BCUT2D eigenvalue weighted by Crippen LogP contribution is 2.29. The summed E-state index contributed by atoms with van der Waals surface area (Å²) < 4.78 is 4.89. The average Bonchev–Trinajstić information content (AvgIpc) is 2.65. The second-order valence-corrected chi connectivity index (χ2v) is 3.01. The molecule has 0 saturated heterocycles. The van der Waals surface area contributed by atoms with Crippen molar-refractivity contribution in [1.29, 1.82) is 0 Å². The largest absolute Gasteiger partial charge is 0.506 e. The van der Waals surface area contributed by atoms with Crippen LogP contribution in [0.3, 0.4) is 0 Å². The second-order valence-electron chi connectivity index (χ2n) is 3.01. The van der Waals surface area contributed by atoms with Crippen LogP contribution in [0, 0.1) is 6.92 Å². The molecule has 5 heteroatoms. The van der Waals surface area contributed by atoms with Crippen LogP contribution in [0.5, 0.6) is 5.75 Å². The third-order valence-electron chi connectivity index (χ3n) is 1.95. The molecule has 15 heavy (non-hydrogen) atoms. The molecule has 2 aromatic rings. The lowest BCUT2D eigenvalue weighted by Gasteiger charge is -2.00. The second kappa shape index (κ2) is 3.53. The van der Waals surface area contributed by atoms with Gasteiger partial charge in [-0.05, 0) is 19.1 Å². The van der Waals surface area contributed by atoms with E-state index in [1.165, 1.54) is 6.07 Å². The van der Waals surface area contributed by atoms with E-state index in [1.807, 2.05) is 0 Å². The number of hydrogen-bond acceptors (Lipinski definition) is 5. The van der Waals surface area contributed by atoms with Crippen LogP contribution in [-0.2, 0) is 0 Å². The molecule has 0 amide bonds. The van der Waals surface area contributed by atoms with Crippen molar-refractivity contribution in [3.05, 3.63) is 29.6 Å². The van der Waals surface area contributed by atoms with E-state index >= 15 is 0 Å². The lowest BCUT2D eigenvalue weighted by molar-refractivity contribution is 0.112. The Kier molecular flexibility index (Phi) is 2.21.